The molecule has 0 aliphatic carbocycles. The number of aryl methyl sites for hydroxylation is 2. The van der Waals surface area contributed by atoms with Gasteiger partial charge in [0.25, 0.3) is 5.78 Å². The Morgan fingerprint density at radius 3 is 2.35 bits per heavy atom. The molecule has 1 N–H and O–H groups in total. The number of carbonyl (C=O) groups excluding carboxylic acids is 3. The molecule has 1 aliphatic rings. The smallest absolute Gasteiger partial charge is 0.350 e. The van der Waals surface area contributed by atoms with E-state index in [4.69, 9.17) is 18.9 Å². The Balaban J connectivity index is 1.38. The molecule has 52 heavy (non-hydrogen) atoms. The number of nitrogens with zero attached hydrogens (tertiary/aromatic N) is 2. The topological polar surface area (TPSA) is 124 Å². The first-order valence-corrected chi connectivity index (χ1v) is 17.2. The van der Waals surface area contributed by atoms with Gasteiger partial charge < -0.3 is 24.1 Å². The zero-order valence-corrected chi connectivity index (χ0v) is 29.6. The largest absolute Gasteiger partial charge is 0.507 e. The molecule has 0 radical (unpaired) electrons. The van der Waals surface area contributed by atoms with Gasteiger partial charge in [-0.1, -0.05) is 90.2 Å². The van der Waals surface area contributed by atoms with E-state index in [-0.39, 0.29) is 28.8 Å². The molecular formula is C41H36N2O8S. The number of methoxy groups -OCH3 is 1. The molecule has 1 unspecified atom stereocenters. The maximum atomic E-state index is 13.9. The minimum Gasteiger partial charge on any atom is -0.507 e. The lowest BCUT2D eigenvalue weighted by Crippen LogP contribution is -2.29. The van der Waals surface area contributed by atoms with E-state index in [0.29, 0.717) is 40.7 Å². The van der Waals surface area contributed by atoms with E-state index in [1.54, 1.807) is 49.4 Å². The van der Waals surface area contributed by atoms with Crippen molar-refractivity contribution in [3.05, 3.63) is 154 Å². The van der Waals surface area contributed by atoms with E-state index in [1.807, 2.05) is 61.5 Å². The molecule has 1 saturated heterocycles. The van der Waals surface area contributed by atoms with Crippen LogP contribution in [-0.2, 0) is 27.5 Å². The number of benzene rings is 4. The minimum absolute atomic E-state index is 0.00966. The predicted octanol–water partition coefficient (Wildman–Crippen LogP) is 7.90. The van der Waals surface area contributed by atoms with Gasteiger partial charge in [-0.05, 0) is 66.9 Å². The van der Waals surface area contributed by atoms with Crippen molar-refractivity contribution in [3.8, 4) is 17.2 Å². The molecule has 1 aromatic heterocycles. The van der Waals surface area contributed by atoms with Crippen LogP contribution in [0, 0.1) is 13.8 Å². The number of aromatic nitrogens is 1. The molecule has 1 amide bonds. The maximum Gasteiger partial charge on any atom is 0.350 e. The van der Waals surface area contributed by atoms with E-state index >= 15 is 0 Å². The third-order valence-corrected chi connectivity index (χ3v) is 9.45. The van der Waals surface area contributed by atoms with Crippen LogP contribution >= 0.6 is 11.3 Å². The van der Waals surface area contributed by atoms with Gasteiger partial charge >= 0.3 is 11.9 Å². The molecule has 5 aromatic rings. The number of ketones is 1. The minimum atomic E-state index is -1.14. The highest BCUT2D eigenvalue weighted by atomic mass is 32.1. The number of aliphatic hydroxyl groups excluding tert-OH is 1. The molecular weight excluding hydrogens is 681 g/mol. The molecule has 264 valence electrons. The van der Waals surface area contributed by atoms with Crippen molar-refractivity contribution in [2.24, 2.45) is 0 Å². The Morgan fingerprint density at radius 1 is 0.904 bits per heavy atom. The summed E-state index contributed by atoms with van der Waals surface area (Å²) in [6.07, 6.45) is 1.44. The van der Waals surface area contributed by atoms with E-state index < -0.39 is 29.5 Å². The highest BCUT2D eigenvalue weighted by molar-refractivity contribution is 7.17. The van der Waals surface area contributed by atoms with E-state index in [2.05, 4.69) is 11.6 Å². The van der Waals surface area contributed by atoms with Gasteiger partial charge in [0, 0.05) is 5.56 Å². The SMILES string of the molecule is C=CCOC(=O)c1sc(N2C(=O)C(=O)C(=C(O)c3ccc(OCc4cccc(C)c4)cc3)C2c2ccc(OCc3ccccc3)c(OC)c2)nc1C. The van der Waals surface area contributed by atoms with Gasteiger partial charge in [-0.15, -0.1) is 0 Å². The fourth-order valence-corrected chi connectivity index (χ4v) is 6.75. The standard InChI is InChI=1S/C41H36N2O8S/c1-5-20-49-40(47)38-26(3)42-41(52-38)43-35(30-16-19-32(33(22-30)48-4)51-23-27-11-7-6-8-12-27)34(37(45)39(43)46)36(44)29-14-17-31(18-15-29)50-24-28-13-9-10-25(2)21-28/h5-19,21-22,35,44H,1,20,23-24H2,2-4H3. The fraction of sp³-hybridized carbons (Fsp3) is 0.171. The van der Waals surface area contributed by atoms with Crippen molar-refractivity contribution in [2.75, 3.05) is 18.6 Å². The number of esters is 1. The molecule has 2 heterocycles. The number of Topliss-reactive ketones (excluding diaryl/α,β-unsaturated/α-hetero) is 1. The zero-order chi connectivity index (χ0) is 36.8. The third kappa shape index (κ3) is 7.59. The number of thiazole rings is 1. The van der Waals surface area contributed by atoms with Crippen LogP contribution in [0.15, 0.2) is 115 Å². The van der Waals surface area contributed by atoms with Gasteiger partial charge in [-0.2, -0.15) is 0 Å². The number of amides is 1. The Kier molecular flexibility index (Phi) is 10.8. The Hall–Kier alpha value is -6.20. The van der Waals surface area contributed by atoms with Gasteiger partial charge in [0.15, 0.2) is 16.6 Å². The van der Waals surface area contributed by atoms with E-state index in [9.17, 15) is 19.5 Å². The van der Waals surface area contributed by atoms with Crippen LogP contribution in [0.25, 0.3) is 5.76 Å². The number of hydrogen-bond acceptors (Lipinski definition) is 10. The van der Waals surface area contributed by atoms with Crippen molar-refractivity contribution in [3.63, 3.8) is 0 Å². The number of hydrogen-bond donors (Lipinski definition) is 1. The van der Waals surface area contributed by atoms with Crippen LogP contribution in [-0.4, -0.2) is 41.5 Å². The Morgan fingerprint density at radius 2 is 1.63 bits per heavy atom. The lowest BCUT2D eigenvalue weighted by atomic mass is 9.95. The number of rotatable bonds is 13. The molecule has 0 spiro atoms. The summed E-state index contributed by atoms with van der Waals surface area (Å²) in [6, 6.07) is 28.1. The summed E-state index contributed by atoms with van der Waals surface area (Å²) in [6.45, 7) is 7.81. The van der Waals surface area contributed by atoms with Gasteiger partial charge in [-0.3, -0.25) is 14.5 Å². The summed E-state index contributed by atoms with van der Waals surface area (Å²) in [4.78, 5) is 46.4. The average Bonchev–Trinajstić information content (AvgIpc) is 3.67. The summed E-state index contributed by atoms with van der Waals surface area (Å²) in [5.74, 6) is -1.54. The van der Waals surface area contributed by atoms with Crippen LogP contribution in [0.3, 0.4) is 0 Å². The van der Waals surface area contributed by atoms with Crippen molar-refractivity contribution in [2.45, 2.75) is 33.1 Å². The summed E-state index contributed by atoms with van der Waals surface area (Å²) in [5.41, 5.74) is 3.97. The second-order valence-corrected chi connectivity index (χ2v) is 12.9. The maximum absolute atomic E-state index is 13.9. The van der Waals surface area contributed by atoms with Gasteiger partial charge in [0.2, 0.25) is 0 Å². The highest BCUT2D eigenvalue weighted by Gasteiger charge is 2.48. The summed E-state index contributed by atoms with van der Waals surface area (Å²) in [7, 11) is 1.49. The average molecular weight is 717 g/mol. The van der Waals surface area contributed by atoms with Crippen LogP contribution in [0.1, 0.15) is 49.2 Å². The molecule has 1 atom stereocenters. The van der Waals surface area contributed by atoms with Gasteiger partial charge in [0.1, 0.15) is 36.2 Å². The first-order valence-electron chi connectivity index (χ1n) is 16.4. The number of aliphatic hydroxyl groups is 1. The van der Waals surface area contributed by atoms with Crippen molar-refractivity contribution in [1.29, 1.82) is 0 Å². The van der Waals surface area contributed by atoms with E-state index in [0.717, 1.165) is 28.0 Å². The van der Waals surface area contributed by atoms with Crippen molar-refractivity contribution >= 4 is 39.9 Å². The second kappa shape index (κ2) is 15.8. The first kappa shape index (κ1) is 35.6. The van der Waals surface area contributed by atoms with E-state index in [1.165, 1.54) is 18.1 Å². The summed E-state index contributed by atoms with van der Waals surface area (Å²) in [5, 5.41) is 11.8. The monoisotopic (exact) mass is 716 g/mol. The molecule has 6 rings (SSSR count). The lowest BCUT2D eigenvalue weighted by Gasteiger charge is -2.24. The van der Waals surface area contributed by atoms with Crippen molar-refractivity contribution < 1.29 is 38.4 Å². The third-order valence-electron chi connectivity index (χ3n) is 8.31. The molecule has 11 heteroatoms. The van der Waals surface area contributed by atoms with Crippen LogP contribution in [0.2, 0.25) is 0 Å². The molecule has 4 aromatic carbocycles. The van der Waals surface area contributed by atoms with Crippen molar-refractivity contribution in [1.82, 2.24) is 4.98 Å². The van der Waals surface area contributed by atoms with Gasteiger partial charge in [-0.25, -0.2) is 9.78 Å². The molecule has 10 nitrogen and oxygen atoms in total. The second-order valence-electron chi connectivity index (χ2n) is 12.0. The summed E-state index contributed by atoms with van der Waals surface area (Å²) < 4.78 is 22.9. The quantitative estimate of drug-likeness (QED) is 0.0426. The summed E-state index contributed by atoms with van der Waals surface area (Å²) >= 11 is 0.911. The van der Waals surface area contributed by atoms with Crippen LogP contribution < -0.4 is 19.1 Å². The highest BCUT2D eigenvalue weighted by Crippen LogP contribution is 2.45. The molecule has 1 aliphatic heterocycles. The number of ether oxygens (including phenoxy) is 4. The molecule has 0 bridgehead atoms. The fourth-order valence-electron chi connectivity index (χ4n) is 5.76. The Bertz CT molecular complexity index is 2160. The zero-order valence-electron chi connectivity index (χ0n) is 28.8. The normalized spacial score (nSPS) is 15.0. The first-order chi connectivity index (χ1) is 25.2. The lowest BCUT2D eigenvalue weighted by molar-refractivity contribution is -0.132. The van der Waals surface area contributed by atoms with Gasteiger partial charge in [0.05, 0.1) is 24.4 Å². The Labute approximate surface area is 305 Å². The molecule has 1 fully saturated rings. The van der Waals surface area contributed by atoms with Crippen LogP contribution in [0.5, 0.6) is 17.2 Å². The molecule has 0 saturated carbocycles. The number of anilines is 1. The van der Waals surface area contributed by atoms with Crippen LogP contribution in [0.4, 0.5) is 5.13 Å². The predicted molar refractivity (Wildman–Crippen MR) is 198 cm³/mol. The number of carbonyl (C=O) groups is 3.